The van der Waals surface area contributed by atoms with Crippen LogP contribution in [0.5, 0.6) is 0 Å². The number of hydrogen-bond donors (Lipinski definition) is 4. The van der Waals surface area contributed by atoms with Gasteiger partial charge in [-0.2, -0.15) is 11.8 Å². The largest absolute Gasteiger partial charge is 0.507 e. The molecule has 0 aromatic carbocycles. The summed E-state index contributed by atoms with van der Waals surface area (Å²) in [6, 6.07) is -0.784. The molecule has 3 fully saturated rings. The first kappa shape index (κ1) is 18.1. The fraction of sp³-hybridized carbons (Fsp3) is 0.800. The van der Waals surface area contributed by atoms with Crippen molar-refractivity contribution in [3.8, 4) is 0 Å². The molecular formula is C15H22N2O7S. The third-order valence-corrected chi connectivity index (χ3v) is 6.16. The zero-order valence-electron chi connectivity index (χ0n) is 13.8. The summed E-state index contributed by atoms with van der Waals surface area (Å²) >= 11 is 1.55. The summed E-state index contributed by atoms with van der Waals surface area (Å²) in [5, 5.41) is 20.7. The van der Waals surface area contributed by atoms with Crippen LogP contribution >= 0.6 is 11.8 Å². The maximum atomic E-state index is 12.4. The average Bonchev–Trinajstić information content (AvgIpc) is 3.37. The number of hydrogen-bond acceptors (Lipinski definition) is 7. The Morgan fingerprint density at radius 3 is 2.48 bits per heavy atom. The van der Waals surface area contributed by atoms with E-state index in [1.54, 1.807) is 11.8 Å². The Morgan fingerprint density at radius 1 is 1.28 bits per heavy atom. The number of rotatable bonds is 7. The van der Waals surface area contributed by atoms with Gasteiger partial charge in [-0.3, -0.25) is 4.79 Å². The molecule has 3 aliphatic rings. The molecule has 10 heteroatoms. The molecule has 3 aliphatic carbocycles. The first-order valence-corrected chi connectivity index (χ1v) is 9.52. The lowest BCUT2D eigenvalue weighted by molar-refractivity contribution is -0.134. The summed E-state index contributed by atoms with van der Waals surface area (Å²) in [5.41, 5.74) is 4.19. The van der Waals surface area contributed by atoms with Gasteiger partial charge in [-0.15, -0.1) is 0 Å². The minimum atomic E-state index is -1.52. The second kappa shape index (κ2) is 6.24. The lowest BCUT2D eigenvalue weighted by Gasteiger charge is -2.33. The number of carbonyl (C=O) groups excluding carboxylic acids is 1. The Hall–Kier alpha value is -1.68. The zero-order chi connectivity index (χ0) is 18.4. The van der Waals surface area contributed by atoms with Crippen LogP contribution in [0.3, 0.4) is 0 Å². The number of carbonyl (C=O) groups is 3. The number of ether oxygens (including phenoxy) is 2. The number of nitrogens with one attached hydrogen (secondary N) is 1. The van der Waals surface area contributed by atoms with E-state index in [9.17, 15) is 14.4 Å². The van der Waals surface area contributed by atoms with Crippen molar-refractivity contribution in [2.45, 2.75) is 43.6 Å². The van der Waals surface area contributed by atoms with Crippen LogP contribution < -0.4 is 11.1 Å². The fourth-order valence-corrected chi connectivity index (χ4v) is 4.84. The summed E-state index contributed by atoms with van der Waals surface area (Å²) in [5.74, 6) is -0.417. The predicted octanol–water partition coefficient (Wildman–Crippen LogP) is 1.07. The lowest BCUT2D eigenvalue weighted by Crippen LogP contribution is -2.57. The Morgan fingerprint density at radius 2 is 1.96 bits per heavy atom. The summed E-state index contributed by atoms with van der Waals surface area (Å²) < 4.78 is 10.0. The van der Waals surface area contributed by atoms with Crippen molar-refractivity contribution in [1.29, 1.82) is 0 Å². The summed E-state index contributed by atoms with van der Waals surface area (Å²) in [4.78, 5) is 34.6. The highest BCUT2D eigenvalue weighted by molar-refractivity contribution is 7.98. The van der Waals surface area contributed by atoms with E-state index >= 15 is 0 Å². The van der Waals surface area contributed by atoms with Gasteiger partial charge in [0.25, 0.3) is 0 Å². The minimum absolute atomic E-state index is 0.120. The molecule has 3 rings (SSSR count). The maximum Gasteiger partial charge on any atom is 0.507 e. The van der Waals surface area contributed by atoms with Crippen molar-refractivity contribution < 1.29 is 34.1 Å². The van der Waals surface area contributed by atoms with Gasteiger partial charge < -0.3 is 30.7 Å². The highest BCUT2D eigenvalue weighted by Gasteiger charge is 2.82. The number of thioether (sulfide) groups is 1. The van der Waals surface area contributed by atoms with Gasteiger partial charge in [0.05, 0.1) is 12.0 Å². The quantitative estimate of drug-likeness (QED) is 0.379. The second-order valence-corrected chi connectivity index (χ2v) is 8.06. The third-order valence-electron chi connectivity index (χ3n) is 5.52. The van der Waals surface area contributed by atoms with Crippen molar-refractivity contribution >= 4 is 30.0 Å². The fourth-order valence-electron chi connectivity index (χ4n) is 4.35. The van der Waals surface area contributed by atoms with Gasteiger partial charge in [0.15, 0.2) is 5.72 Å². The van der Waals surface area contributed by atoms with E-state index in [-0.39, 0.29) is 11.3 Å². The summed E-state index contributed by atoms with van der Waals surface area (Å²) in [7, 11) is 0. The molecule has 0 aromatic heterocycles. The molecule has 1 spiro atoms. The summed E-state index contributed by atoms with van der Waals surface area (Å²) in [6.07, 6.45) is 0.774. The Balaban J connectivity index is 1.78. The van der Waals surface area contributed by atoms with Crippen LogP contribution in [0.4, 0.5) is 9.59 Å². The van der Waals surface area contributed by atoms with Crippen LogP contribution in [0.2, 0.25) is 0 Å². The van der Waals surface area contributed by atoms with Gasteiger partial charge in [0.1, 0.15) is 6.10 Å². The minimum Gasteiger partial charge on any atom is -0.450 e. The number of fused-ring (bicyclic) bond motifs is 2. The first-order valence-electron chi connectivity index (χ1n) is 8.13. The van der Waals surface area contributed by atoms with E-state index in [0.717, 1.165) is 12.8 Å². The zero-order valence-corrected chi connectivity index (χ0v) is 14.6. The normalized spacial score (nSPS) is 34.7. The smallest absolute Gasteiger partial charge is 0.450 e. The van der Waals surface area contributed by atoms with E-state index in [4.69, 9.17) is 25.4 Å². The molecular weight excluding hydrogens is 352 g/mol. The highest BCUT2D eigenvalue weighted by Crippen LogP contribution is 2.76. The molecule has 0 heterocycles. The average molecular weight is 374 g/mol. The van der Waals surface area contributed by atoms with Crippen molar-refractivity contribution in [1.82, 2.24) is 5.32 Å². The van der Waals surface area contributed by atoms with Gasteiger partial charge >= 0.3 is 12.3 Å². The lowest BCUT2D eigenvalue weighted by atomic mass is 9.95. The van der Waals surface area contributed by atoms with Crippen molar-refractivity contribution in [3.05, 3.63) is 0 Å². The van der Waals surface area contributed by atoms with E-state index in [1.165, 1.54) is 0 Å². The van der Waals surface area contributed by atoms with Crippen LogP contribution in [0.1, 0.15) is 25.7 Å². The third kappa shape index (κ3) is 3.24. The molecule has 5 atom stereocenters. The van der Waals surface area contributed by atoms with E-state index in [0.29, 0.717) is 18.6 Å². The van der Waals surface area contributed by atoms with Gasteiger partial charge in [0.2, 0.25) is 5.91 Å². The van der Waals surface area contributed by atoms with Gasteiger partial charge in [-0.05, 0) is 36.7 Å². The van der Waals surface area contributed by atoms with Gasteiger partial charge in [-0.1, -0.05) is 0 Å². The molecule has 0 aromatic rings. The highest BCUT2D eigenvalue weighted by atomic mass is 32.2. The molecule has 9 nitrogen and oxygen atoms in total. The SMILES string of the molecule is CSCC[C@H](N)C(=O)N[C@]1(OC(=O)O)CC2(CC2)[C@@H]2[C@H](OC(=O)O)[C@H]21. The van der Waals surface area contributed by atoms with Crippen molar-refractivity contribution in [3.63, 3.8) is 0 Å². The summed E-state index contributed by atoms with van der Waals surface area (Å²) in [6.45, 7) is 0. The van der Waals surface area contributed by atoms with Gasteiger partial charge in [-0.25, -0.2) is 9.59 Å². The molecule has 0 saturated heterocycles. The number of nitrogens with two attached hydrogens (primary N) is 1. The topological polar surface area (TPSA) is 148 Å². The van der Waals surface area contributed by atoms with Crippen LogP contribution in [-0.4, -0.2) is 58.3 Å². The molecule has 25 heavy (non-hydrogen) atoms. The van der Waals surface area contributed by atoms with Gasteiger partial charge in [0, 0.05) is 12.3 Å². The maximum absolute atomic E-state index is 12.4. The van der Waals surface area contributed by atoms with Crippen LogP contribution in [-0.2, 0) is 14.3 Å². The monoisotopic (exact) mass is 374 g/mol. The van der Waals surface area contributed by atoms with E-state index in [1.807, 2.05) is 6.26 Å². The van der Waals surface area contributed by atoms with E-state index in [2.05, 4.69) is 5.32 Å². The molecule has 1 amide bonds. The number of amides is 1. The van der Waals surface area contributed by atoms with E-state index < -0.39 is 42.0 Å². The van der Waals surface area contributed by atoms with Crippen LogP contribution in [0, 0.1) is 17.3 Å². The molecule has 5 N–H and O–H groups in total. The Labute approximate surface area is 148 Å². The molecule has 0 unspecified atom stereocenters. The molecule has 0 aliphatic heterocycles. The Bertz CT molecular complexity index is 596. The first-order chi connectivity index (χ1) is 11.7. The molecule has 140 valence electrons. The standard InChI is InChI=1S/C15H22N2O7S/c1-25-5-2-7(16)11(18)17-15(24-13(21)22)6-14(3-4-14)8-9(15)10(8)23-12(19)20/h7-10H,2-6,16H2,1H3,(H,17,18)(H,19,20)(H,21,22)/t7-,8-,9-,10-,15-/m0/s1. The van der Waals surface area contributed by atoms with Crippen LogP contribution in [0.15, 0.2) is 0 Å². The second-order valence-electron chi connectivity index (χ2n) is 7.07. The molecule has 3 saturated carbocycles. The predicted molar refractivity (Wildman–Crippen MR) is 87.1 cm³/mol. The molecule has 0 radical (unpaired) electrons. The molecule has 0 bridgehead atoms. The number of carboxylic acid groups (broad SMARTS) is 2. The Kier molecular flexibility index (Phi) is 4.52. The van der Waals surface area contributed by atoms with Crippen molar-refractivity contribution in [2.24, 2.45) is 23.0 Å². The van der Waals surface area contributed by atoms with Crippen molar-refractivity contribution in [2.75, 3.05) is 12.0 Å². The van der Waals surface area contributed by atoms with Crippen LogP contribution in [0.25, 0.3) is 0 Å².